The molecule has 0 aliphatic heterocycles. The van der Waals surface area contributed by atoms with Crippen LogP contribution in [0.25, 0.3) is 0 Å². The Kier molecular flexibility index (Phi) is 6.01. The third kappa shape index (κ3) is 4.71. The van der Waals surface area contributed by atoms with Gasteiger partial charge in [-0.25, -0.2) is 0 Å². The van der Waals surface area contributed by atoms with Crippen molar-refractivity contribution in [2.45, 2.75) is 25.7 Å². The number of hydrogen-bond donors (Lipinski definition) is 2. The van der Waals surface area contributed by atoms with Crippen LogP contribution in [0.2, 0.25) is 0 Å². The molecule has 0 radical (unpaired) electrons. The van der Waals surface area contributed by atoms with Crippen molar-refractivity contribution in [2.75, 3.05) is 5.75 Å². The van der Waals surface area contributed by atoms with Crippen molar-refractivity contribution in [2.24, 2.45) is 5.92 Å². The highest BCUT2D eigenvalue weighted by atomic mass is 32.1. The Morgan fingerprint density at radius 3 is 2.50 bits per heavy atom. The van der Waals surface area contributed by atoms with Crippen molar-refractivity contribution in [3.05, 3.63) is 35.9 Å². The molecule has 3 heteroatoms. The largest absolute Gasteiger partial charge is 0.481 e. The number of aliphatic carboxylic acids is 1. The molecule has 0 heterocycles. The van der Waals surface area contributed by atoms with E-state index in [0.29, 0.717) is 6.42 Å². The maximum Gasteiger partial charge on any atom is 0.306 e. The zero-order valence-electron chi connectivity index (χ0n) is 9.30. The molecule has 1 aromatic carbocycles. The van der Waals surface area contributed by atoms with Crippen LogP contribution in [0.1, 0.15) is 24.8 Å². The van der Waals surface area contributed by atoms with E-state index in [9.17, 15) is 4.79 Å². The molecule has 0 saturated heterocycles. The summed E-state index contributed by atoms with van der Waals surface area (Å²) in [6, 6.07) is 9.80. The second-order valence-corrected chi connectivity index (χ2v) is 4.39. The van der Waals surface area contributed by atoms with Gasteiger partial charge in [0.1, 0.15) is 0 Å². The Hall–Kier alpha value is -0.960. The van der Waals surface area contributed by atoms with Gasteiger partial charge < -0.3 is 5.11 Å². The molecule has 1 unspecified atom stereocenters. The lowest BCUT2D eigenvalue weighted by molar-refractivity contribution is -0.141. The van der Waals surface area contributed by atoms with E-state index >= 15 is 0 Å². The zero-order chi connectivity index (χ0) is 11.8. The quantitative estimate of drug-likeness (QED) is 0.566. The molecule has 2 nitrogen and oxygen atoms in total. The minimum absolute atomic E-state index is 0.262. The van der Waals surface area contributed by atoms with Gasteiger partial charge in [-0.2, -0.15) is 12.6 Å². The van der Waals surface area contributed by atoms with Crippen molar-refractivity contribution in [3.8, 4) is 0 Å². The SMILES string of the molecule is O=C(O)C(CCCCS)Cc1ccccc1. The highest BCUT2D eigenvalue weighted by Gasteiger charge is 2.17. The van der Waals surface area contributed by atoms with Gasteiger partial charge in [-0.1, -0.05) is 36.8 Å². The number of benzene rings is 1. The molecule has 88 valence electrons. The molecular weight excluding hydrogens is 220 g/mol. The molecule has 16 heavy (non-hydrogen) atoms. The first kappa shape index (κ1) is 13.1. The minimum atomic E-state index is -0.692. The van der Waals surface area contributed by atoms with E-state index < -0.39 is 5.97 Å². The number of unbranched alkanes of at least 4 members (excludes halogenated alkanes) is 1. The molecule has 0 fully saturated rings. The Balaban J connectivity index is 2.48. The highest BCUT2D eigenvalue weighted by Crippen LogP contribution is 2.15. The zero-order valence-corrected chi connectivity index (χ0v) is 10.2. The molecule has 1 rings (SSSR count). The van der Waals surface area contributed by atoms with Gasteiger partial charge in [-0.15, -0.1) is 0 Å². The number of carbonyl (C=O) groups is 1. The van der Waals surface area contributed by atoms with Crippen LogP contribution in [0.5, 0.6) is 0 Å². The molecule has 0 bridgehead atoms. The van der Waals surface area contributed by atoms with E-state index in [-0.39, 0.29) is 5.92 Å². The Labute approximate surface area is 102 Å². The average Bonchev–Trinajstić information content (AvgIpc) is 2.29. The molecule has 1 aromatic rings. The monoisotopic (exact) mass is 238 g/mol. The van der Waals surface area contributed by atoms with Crippen molar-refractivity contribution in [3.63, 3.8) is 0 Å². The van der Waals surface area contributed by atoms with Crippen LogP contribution in [-0.4, -0.2) is 16.8 Å². The van der Waals surface area contributed by atoms with E-state index in [0.717, 1.165) is 30.6 Å². The summed E-state index contributed by atoms with van der Waals surface area (Å²) in [5, 5.41) is 9.11. The molecule has 0 spiro atoms. The van der Waals surface area contributed by atoms with Crippen LogP contribution < -0.4 is 0 Å². The topological polar surface area (TPSA) is 37.3 Å². The van der Waals surface area contributed by atoms with E-state index in [2.05, 4.69) is 12.6 Å². The van der Waals surface area contributed by atoms with E-state index in [1.807, 2.05) is 30.3 Å². The number of hydrogen-bond acceptors (Lipinski definition) is 2. The van der Waals surface area contributed by atoms with Gasteiger partial charge in [0.15, 0.2) is 0 Å². The van der Waals surface area contributed by atoms with Crippen molar-refractivity contribution < 1.29 is 9.90 Å². The van der Waals surface area contributed by atoms with Crippen LogP contribution in [0, 0.1) is 5.92 Å². The Bertz CT molecular complexity index is 311. The molecule has 0 saturated carbocycles. The van der Waals surface area contributed by atoms with E-state index in [4.69, 9.17) is 5.11 Å². The number of thiol groups is 1. The maximum atomic E-state index is 11.1. The highest BCUT2D eigenvalue weighted by molar-refractivity contribution is 7.80. The fourth-order valence-electron chi connectivity index (χ4n) is 1.71. The maximum absolute atomic E-state index is 11.1. The third-order valence-corrected chi connectivity index (χ3v) is 2.95. The van der Waals surface area contributed by atoms with Crippen LogP contribution in [0.4, 0.5) is 0 Å². The van der Waals surface area contributed by atoms with Crippen molar-refractivity contribution >= 4 is 18.6 Å². The lowest BCUT2D eigenvalue weighted by atomic mass is 9.94. The average molecular weight is 238 g/mol. The summed E-state index contributed by atoms with van der Waals surface area (Å²) in [7, 11) is 0. The Morgan fingerprint density at radius 1 is 1.25 bits per heavy atom. The fourth-order valence-corrected chi connectivity index (χ4v) is 1.94. The lowest BCUT2D eigenvalue weighted by Gasteiger charge is -2.11. The molecule has 1 atom stereocenters. The summed E-state index contributed by atoms with van der Waals surface area (Å²) in [4.78, 5) is 11.1. The van der Waals surface area contributed by atoms with Crippen LogP contribution in [-0.2, 0) is 11.2 Å². The molecule has 0 aliphatic carbocycles. The normalized spacial score (nSPS) is 12.3. The molecule has 0 aromatic heterocycles. The van der Waals surface area contributed by atoms with Crippen LogP contribution in [0.15, 0.2) is 30.3 Å². The number of carboxylic acid groups (broad SMARTS) is 1. The second kappa shape index (κ2) is 7.34. The molecule has 1 N–H and O–H groups in total. The van der Waals surface area contributed by atoms with Gasteiger partial charge in [0.05, 0.1) is 5.92 Å². The minimum Gasteiger partial charge on any atom is -0.481 e. The van der Waals surface area contributed by atoms with Gasteiger partial charge in [-0.05, 0) is 30.6 Å². The summed E-state index contributed by atoms with van der Waals surface area (Å²) in [5.41, 5.74) is 1.10. The van der Waals surface area contributed by atoms with Crippen molar-refractivity contribution in [1.29, 1.82) is 0 Å². The smallest absolute Gasteiger partial charge is 0.306 e. The summed E-state index contributed by atoms with van der Waals surface area (Å²) in [6.07, 6.45) is 3.29. The van der Waals surface area contributed by atoms with Gasteiger partial charge in [-0.3, -0.25) is 4.79 Å². The predicted octanol–water partition coefficient (Wildman–Crippen LogP) is 3.03. The first-order valence-corrected chi connectivity index (χ1v) is 6.25. The van der Waals surface area contributed by atoms with Crippen LogP contribution in [0.3, 0.4) is 0 Å². The van der Waals surface area contributed by atoms with Gasteiger partial charge in [0.25, 0.3) is 0 Å². The van der Waals surface area contributed by atoms with Gasteiger partial charge >= 0.3 is 5.97 Å². The predicted molar refractivity (Wildman–Crippen MR) is 69.0 cm³/mol. The summed E-state index contributed by atoms with van der Waals surface area (Å²) >= 11 is 4.13. The number of rotatable bonds is 7. The second-order valence-electron chi connectivity index (χ2n) is 3.94. The first-order valence-electron chi connectivity index (χ1n) is 5.61. The molecule has 0 aliphatic rings. The Morgan fingerprint density at radius 2 is 1.94 bits per heavy atom. The van der Waals surface area contributed by atoms with E-state index in [1.165, 1.54) is 0 Å². The van der Waals surface area contributed by atoms with Crippen molar-refractivity contribution in [1.82, 2.24) is 0 Å². The van der Waals surface area contributed by atoms with E-state index in [1.54, 1.807) is 0 Å². The lowest BCUT2D eigenvalue weighted by Crippen LogP contribution is -2.16. The first-order chi connectivity index (χ1) is 7.74. The standard InChI is InChI=1S/C13H18O2S/c14-13(15)12(8-4-5-9-16)10-11-6-2-1-3-7-11/h1-3,6-7,12,16H,4-5,8-10H2,(H,14,15). The molecular formula is C13H18O2S. The van der Waals surface area contributed by atoms with Crippen LogP contribution >= 0.6 is 12.6 Å². The molecule has 0 amide bonds. The fraction of sp³-hybridized carbons (Fsp3) is 0.462. The number of carboxylic acids is 1. The summed E-state index contributed by atoms with van der Waals surface area (Å²) in [6.45, 7) is 0. The summed E-state index contributed by atoms with van der Waals surface area (Å²) in [5.74, 6) is -0.122. The van der Waals surface area contributed by atoms with Gasteiger partial charge in [0, 0.05) is 0 Å². The third-order valence-electron chi connectivity index (χ3n) is 2.63. The summed E-state index contributed by atoms with van der Waals surface area (Å²) < 4.78 is 0. The van der Waals surface area contributed by atoms with Gasteiger partial charge in [0.2, 0.25) is 0 Å².